The molecule has 6 rings (SSSR count). The van der Waals surface area contributed by atoms with Crippen molar-refractivity contribution in [3.8, 4) is 22.4 Å². The highest BCUT2D eigenvalue weighted by Gasteiger charge is 2.45. The van der Waals surface area contributed by atoms with Crippen LogP contribution in [0.2, 0.25) is 0 Å². The van der Waals surface area contributed by atoms with Crippen molar-refractivity contribution in [1.29, 1.82) is 0 Å². The van der Waals surface area contributed by atoms with Gasteiger partial charge in [-0.15, -0.1) is 11.8 Å². The molecule has 2 saturated heterocycles. The number of carbonyl (C=O) groups is 1. The third-order valence-corrected chi connectivity index (χ3v) is 8.57. The van der Waals surface area contributed by atoms with Crippen molar-refractivity contribution in [1.82, 2.24) is 24.5 Å². The molecule has 5 heterocycles. The summed E-state index contributed by atoms with van der Waals surface area (Å²) in [5.41, 5.74) is 12.1. The maximum absolute atomic E-state index is 12.7. The molecular weight excluding hydrogens is 512 g/mol. The zero-order chi connectivity index (χ0) is 27.7. The zero-order valence-corrected chi connectivity index (χ0v) is 23.2. The first-order valence-corrected chi connectivity index (χ1v) is 14.4. The molecule has 4 N–H and O–H groups in total. The fraction of sp³-hybridized carbons (Fsp3) is 0.379. The topological polar surface area (TPSA) is 130 Å². The Morgan fingerprint density at radius 1 is 1.05 bits per heavy atom. The van der Waals surface area contributed by atoms with E-state index in [9.17, 15) is 9.90 Å². The van der Waals surface area contributed by atoms with Crippen LogP contribution in [0.15, 0.2) is 59.8 Å². The van der Waals surface area contributed by atoms with E-state index < -0.39 is 6.10 Å². The number of thioether (sulfide) groups is 1. The second-order valence-corrected chi connectivity index (χ2v) is 10.8. The second-order valence-electron chi connectivity index (χ2n) is 9.98. The lowest BCUT2D eigenvalue weighted by Crippen LogP contribution is -2.49. The Kier molecular flexibility index (Phi) is 7.88. The predicted molar refractivity (Wildman–Crippen MR) is 153 cm³/mol. The van der Waals surface area contributed by atoms with E-state index in [1.165, 1.54) is 0 Å². The summed E-state index contributed by atoms with van der Waals surface area (Å²) in [7, 11) is 1.00. The summed E-state index contributed by atoms with van der Waals surface area (Å²) in [6.45, 7) is 1.55. The molecule has 1 amide bonds. The summed E-state index contributed by atoms with van der Waals surface area (Å²) in [5.74, 6) is 0.609. The molecule has 0 radical (unpaired) electrons. The van der Waals surface area contributed by atoms with Gasteiger partial charge in [0.2, 0.25) is 0 Å². The van der Waals surface area contributed by atoms with Crippen molar-refractivity contribution < 1.29 is 15.0 Å². The molecule has 2 aliphatic heterocycles. The number of hydrogen-bond donors (Lipinski definition) is 3. The molecule has 2 unspecified atom stereocenters. The molecule has 2 aliphatic rings. The lowest BCUT2D eigenvalue weighted by Gasteiger charge is -2.39. The Balaban J connectivity index is 0.00000151. The van der Waals surface area contributed by atoms with Crippen LogP contribution in [-0.4, -0.2) is 72.2 Å². The minimum atomic E-state index is -0.970. The maximum Gasteiger partial charge on any atom is 0.251 e. The standard InChI is InChI=1S/C28H30N6O2S.CH4O/c1-16(35)28(36)33-20-9-10-21(33)13-19(12-20)24-25(37-2)26(29)34-27(32-24)22(15-31-34)18-8-11-23(30-14-18)17-6-4-3-5-7-17;1-2/h3-8,11,14-16,19-21,35H,9-10,12-13,29H2,1-2H3;2H,1H3/t16-,19?,20+,21?;/m1./s1. The van der Waals surface area contributed by atoms with Gasteiger partial charge in [0.1, 0.15) is 11.9 Å². The van der Waals surface area contributed by atoms with Gasteiger partial charge in [-0.25, -0.2) is 4.98 Å². The summed E-state index contributed by atoms with van der Waals surface area (Å²) < 4.78 is 1.72. The van der Waals surface area contributed by atoms with Crippen molar-refractivity contribution in [2.75, 3.05) is 19.1 Å². The number of aliphatic hydroxyl groups excluding tert-OH is 2. The number of nitrogens with two attached hydrogens (primary N) is 1. The van der Waals surface area contributed by atoms with Gasteiger partial charge in [0, 0.05) is 48.0 Å². The molecule has 204 valence electrons. The number of hydrogen-bond acceptors (Lipinski definition) is 8. The first-order chi connectivity index (χ1) is 19.0. The first-order valence-electron chi connectivity index (χ1n) is 13.1. The van der Waals surface area contributed by atoms with Gasteiger partial charge < -0.3 is 20.8 Å². The van der Waals surface area contributed by atoms with Crippen LogP contribution >= 0.6 is 11.8 Å². The molecule has 0 spiro atoms. The van der Waals surface area contributed by atoms with Gasteiger partial charge in [0.15, 0.2) is 5.65 Å². The molecule has 39 heavy (non-hydrogen) atoms. The monoisotopic (exact) mass is 546 g/mol. The molecular formula is C29H34N6O3S. The fourth-order valence-electron chi connectivity index (χ4n) is 6.02. The summed E-state index contributed by atoms with van der Waals surface area (Å²) in [5, 5.41) is 21.5. The number of carbonyl (C=O) groups excluding carboxylic acids is 1. The van der Waals surface area contributed by atoms with Crippen LogP contribution in [-0.2, 0) is 4.79 Å². The Bertz CT molecular complexity index is 1440. The van der Waals surface area contributed by atoms with Crippen LogP contribution in [0.3, 0.4) is 0 Å². The van der Waals surface area contributed by atoms with E-state index in [2.05, 4.69) is 10.1 Å². The SMILES string of the molecule is CO.CSc1c(C2CC3CC[C@@H](C2)N3C(=O)[C@@H](C)O)nc2c(-c3ccc(-c4ccccc4)nc3)cnn2c1N. The van der Waals surface area contributed by atoms with Gasteiger partial charge in [-0.2, -0.15) is 9.61 Å². The second kappa shape index (κ2) is 11.3. The molecule has 3 aromatic heterocycles. The number of benzene rings is 1. The maximum atomic E-state index is 12.7. The number of amides is 1. The molecule has 0 aliphatic carbocycles. The van der Waals surface area contributed by atoms with Gasteiger partial charge in [0.05, 0.1) is 22.5 Å². The van der Waals surface area contributed by atoms with Crippen molar-refractivity contribution >= 4 is 29.1 Å². The van der Waals surface area contributed by atoms with Crippen molar-refractivity contribution in [3.63, 3.8) is 0 Å². The third-order valence-electron chi connectivity index (χ3n) is 7.74. The Morgan fingerprint density at radius 3 is 2.33 bits per heavy atom. The molecule has 9 nitrogen and oxygen atoms in total. The van der Waals surface area contributed by atoms with E-state index in [-0.39, 0.29) is 23.9 Å². The number of aliphatic hydroxyl groups is 2. The van der Waals surface area contributed by atoms with E-state index in [1.54, 1.807) is 29.4 Å². The number of pyridine rings is 1. The predicted octanol–water partition coefficient (Wildman–Crippen LogP) is 3.99. The molecule has 2 bridgehead atoms. The minimum Gasteiger partial charge on any atom is -0.400 e. The normalized spacial score (nSPS) is 20.9. The van der Waals surface area contributed by atoms with E-state index in [4.69, 9.17) is 15.8 Å². The van der Waals surface area contributed by atoms with E-state index in [1.807, 2.05) is 59.8 Å². The molecule has 2 fully saturated rings. The fourth-order valence-corrected chi connectivity index (χ4v) is 6.73. The van der Waals surface area contributed by atoms with Gasteiger partial charge in [0.25, 0.3) is 5.91 Å². The van der Waals surface area contributed by atoms with Gasteiger partial charge in [-0.05, 0) is 44.9 Å². The number of nitrogens with zero attached hydrogens (tertiary/aromatic N) is 5. The highest BCUT2D eigenvalue weighted by atomic mass is 32.2. The van der Waals surface area contributed by atoms with E-state index in [0.29, 0.717) is 5.82 Å². The number of piperidine rings is 1. The molecule has 1 aromatic carbocycles. The highest BCUT2D eigenvalue weighted by Crippen LogP contribution is 2.46. The Labute approximate surface area is 232 Å². The summed E-state index contributed by atoms with van der Waals surface area (Å²) in [6.07, 6.45) is 8.28. The quantitative estimate of drug-likeness (QED) is 0.321. The average Bonchev–Trinajstić information content (AvgIpc) is 3.52. The third kappa shape index (κ3) is 4.88. The zero-order valence-electron chi connectivity index (χ0n) is 22.4. The molecule has 4 atom stereocenters. The number of anilines is 1. The Hall–Kier alpha value is -3.47. The van der Waals surface area contributed by atoms with Gasteiger partial charge >= 0.3 is 0 Å². The van der Waals surface area contributed by atoms with E-state index in [0.717, 1.165) is 71.4 Å². The average molecular weight is 547 g/mol. The van der Waals surface area contributed by atoms with E-state index >= 15 is 0 Å². The number of fused-ring (bicyclic) bond motifs is 3. The number of nitrogen functional groups attached to an aromatic ring is 1. The molecule has 0 saturated carbocycles. The largest absolute Gasteiger partial charge is 0.400 e. The van der Waals surface area contributed by atoms with Crippen LogP contribution in [0, 0.1) is 0 Å². The van der Waals surface area contributed by atoms with Crippen LogP contribution in [0.25, 0.3) is 28.0 Å². The Morgan fingerprint density at radius 2 is 1.74 bits per heavy atom. The first kappa shape index (κ1) is 27.1. The summed E-state index contributed by atoms with van der Waals surface area (Å²) in [4.78, 5) is 25.4. The smallest absolute Gasteiger partial charge is 0.251 e. The highest BCUT2D eigenvalue weighted by molar-refractivity contribution is 7.98. The molecule has 4 aromatic rings. The number of rotatable bonds is 5. The van der Waals surface area contributed by atoms with Crippen LogP contribution in [0.5, 0.6) is 0 Å². The van der Waals surface area contributed by atoms with Crippen molar-refractivity contribution in [3.05, 3.63) is 60.6 Å². The van der Waals surface area contributed by atoms with Crippen molar-refractivity contribution in [2.24, 2.45) is 0 Å². The number of aromatic nitrogens is 4. The lowest BCUT2D eigenvalue weighted by molar-refractivity contribution is -0.144. The van der Waals surface area contributed by atoms with Crippen LogP contribution < -0.4 is 5.73 Å². The summed E-state index contributed by atoms with van der Waals surface area (Å²) >= 11 is 1.59. The van der Waals surface area contributed by atoms with Crippen molar-refractivity contribution in [2.45, 2.75) is 61.6 Å². The van der Waals surface area contributed by atoms with Crippen LogP contribution in [0.4, 0.5) is 5.82 Å². The minimum absolute atomic E-state index is 0.124. The molecule has 10 heteroatoms. The lowest BCUT2D eigenvalue weighted by atomic mass is 9.87. The van der Waals surface area contributed by atoms with Gasteiger partial charge in [-0.3, -0.25) is 9.78 Å². The van der Waals surface area contributed by atoms with Crippen LogP contribution in [0.1, 0.15) is 44.2 Å². The summed E-state index contributed by atoms with van der Waals surface area (Å²) in [6, 6.07) is 14.4. The van der Waals surface area contributed by atoms with Gasteiger partial charge in [-0.1, -0.05) is 36.4 Å².